The van der Waals surface area contributed by atoms with Gasteiger partial charge in [0.2, 0.25) is 0 Å². The molecule has 3 nitrogen and oxygen atoms in total. The number of likely N-dealkylation sites (tertiary alicyclic amines) is 2. The molecule has 3 saturated heterocycles. The topological polar surface area (TPSA) is 18.5 Å². The number of likely N-dealkylation sites (N-methyl/N-ethyl adjacent to an activating group) is 1. The van der Waals surface area contributed by atoms with Gasteiger partial charge in [-0.1, -0.05) is 0 Å². The predicted octanol–water partition coefficient (Wildman–Crippen LogP) is -0.263. The van der Waals surface area contributed by atoms with Gasteiger partial charge in [0.25, 0.3) is 0 Å². The second kappa shape index (κ2) is 2.94. The van der Waals surface area contributed by atoms with E-state index in [1.165, 1.54) is 39.0 Å². The molecule has 3 atom stereocenters. The van der Waals surface area contributed by atoms with Gasteiger partial charge in [0.05, 0.1) is 0 Å². The Morgan fingerprint density at radius 3 is 2.62 bits per heavy atom. The fraction of sp³-hybridized carbons (Fsp3) is 1.00. The first-order chi connectivity index (χ1) is 6.34. The second-order valence-corrected chi connectivity index (χ2v) is 4.83. The molecule has 0 radical (unpaired) electrons. The highest BCUT2D eigenvalue weighted by atomic mass is 15.4. The molecule has 1 N–H and O–H groups in total. The molecule has 13 heavy (non-hydrogen) atoms. The molecule has 3 heterocycles. The second-order valence-electron chi connectivity index (χ2n) is 4.83. The standard InChI is InChI=1S/C10H19N3/c1-12-6-10-4-9(12)7-13(10)8-2-3-11-5-8/h8-11H,2-7H2,1H3/t8-,9-,10-/m0/s1. The molecule has 3 fully saturated rings. The van der Waals surface area contributed by atoms with Crippen LogP contribution in [0.15, 0.2) is 0 Å². The van der Waals surface area contributed by atoms with Crippen LogP contribution in [0.25, 0.3) is 0 Å². The molecular weight excluding hydrogens is 162 g/mol. The van der Waals surface area contributed by atoms with Crippen LogP contribution >= 0.6 is 0 Å². The van der Waals surface area contributed by atoms with Gasteiger partial charge in [-0.05, 0) is 26.4 Å². The summed E-state index contributed by atoms with van der Waals surface area (Å²) in [5.74, 6) is 0. The largest absolute Gasteiger partial charge is 0.315 e. The Kier molecular flexibility index (Phi) is 1.86. The molecule has 3 aliphatic heterocycles. The molecule has 0 aliphatic carbocycles. The summed E-state index contributed by atoms with van der Waals surface area (Å²) in [5.41, 5.74) is 0. The van der Waals surface area contributed by atoms with Crippen molar-refractivity contribution < 1.29 is 0 Å². The molecule has 74 valence electrons. The van der Waals surface area contributed by atoms with Crippen LogP contribution in [0, 0.1) is 0 Å². The van der Waals surface area contributed by atoms with Crippen molar-refractivity contribution in [2.75, 3.05) is 33.2 Å². The van der Waals surface area contributed by atoms with Gasteiger partial charge in [-0.3, -0.25) is 4.90 Å². The van der Waals surface area contributed by atoms with Gasteiger partial charge in [0, 0.05) is 37.8 Å². The van der Waals surface area contributed by atoms with Crippen molar-refractivity contribution in [3.8, 4) is 0 Å². The van der Waals surface area contributed by atoms with Crippen LogP contribution in [-0.4, -0.2) is 61.2 Å². The molecule has 2 bridgehead atoms. The zero-order valence-electron chi connectivity index (χ0n) is 8.37. The van der Waals surface area contributed by atoms with Gasteiger partial charge in [-0.2, -0.15) is 0 Å². The molecule has 0 unspecified atom stereocenters. The van der Waals surface area contributed by atoms with Gasteiger partial charge >= 0.3 is 0 Å². The van der Waals surface area contributed by atoms with E-state index in [4.69, 9.17) is 0 Å². The van der Waals surface area contributed by atoms with Crippen LogP contribution in [-0.2, 0) is 0 Å². The van der Waals surface area contributed by atoms with Crippen molar-refractivity contribution in [2.45, 2.75) is 31.0 Å². The van der Waals surface area contributed by atoms with Crippen LogP contribution in [0.4, 0.5) is 0 Å². The minimum absolute atomic E-state index is 0.851. The van der Waals surface area contributed by atoms with Crippen molar-refractivity contribution in [1.29, 1.82) is 0 Å². The first kappa shape index (κ1) is 8.21. The van der Waals surface area contributed by atoms with Crippen LogP contribution in [0.3, 0.4) is 0 Å². The summed E-state index contributed by atoms with van der Waals surface area (Å²) in [6.45, 7) is 5.09. The first-order valence-corrected chi connectivity index (χ1v) is 5.51. The van der Waals surface area contributed by atoms with Crippen molar-refractivity contribution in [3.05, 3.63) is 0 Å². The van der Waals surface area contributed by atoms with E-state index in [0.717, 1.165) is 18.1 Å². The van der Waals surface area contributed by atoms with Crippen LogP contribution in [0.1, 0.15) is 12.8 Å². The molecule has 3 aliphatic rings. The van der Waals surface area contributed by atoms with E-state index in [9.17, 15) is 0 Å². The zero-order chi connectivity index (χ0) is 8.84. The quantitative estimate of drug-likeness (QED) is 0.601. The average molecular weight is 181 g/mol. The number of hydrogen-bond acceptors (Lipinski definition) is 3. The molecule has 3 rings (SSSR count). The smallest absolute Gasteiger partial charge is 0.0242 e. The third-order valence-electron chi connectivity index (χ3n) is 4.06. The number of hydrogen-bond donors (Lipinski definition) is 1. The predicted molar refractivity (Wildman–Crippen MR) is 52.8 cm³/mol. The van der Waals surface area contributed by atoms with E-state index in [0.29, 0.717) is 0 Å². The summed E-state index contributed by atoms with van der Waals surface area (Å²) in [7, 11) is 2.27. The van der Waals surface area contributed by atoms with Gasteiger partial charge in [0.1, 0.15) is 0 Å². The Bertz CT molecular complexity index is 198. The maximum atomic E-state index is 3.46. The van der Waals surface area contributed by atoms with Crippen LogP contribution < -0.4 is 5.32 Å². The summed E-state index contributed by atoms with van der Waals surface area (Å²) in [4.78, 5) is 5.29. The lowest BCUT2D eigenvalue weighted by Crippen LogP contribution is -2.49. The number of rotatable bonds is 1. The summed E-state index contributed by atoms with van der Waals surface area (Å²) in [5, 5.41) is 3.46. The first-order valence-electron chi connectivity index (χ1n) is 5.51. The maximum Gasteiger partial charge on any atom is 0.0242 e. The highest BCUT2D eigenvalue weighted by Crippen LogP contribution is 2.31. The lowest BCUT2D eigenvalue weighted by Gasteiger charge is -2.35. The molecule has 0 aromatic carbocycles. The monoisotopic (exact) mass is 181 g/mol. The average Bonchev–Trinajstić information content (AvgIpc) is 2.75. The Labute approximate surface area is 80.1 Å². The van der Waals surface area contributed by atoms with Gasteiger partial charge < -0.3 is 10.2 Å². The molecule has 0 aromatic rings. The zero-order valence-corrected chi connectivity index (χ0v) is 8.37. The van der Waals surface area contributed by atoms with E-state index < -0.39 is 0 Å². The molecule has 0 amide bonds. The Morgan fingerprint density at radius 1 is 1.15 bits per heavy atom. The normalized spacial score (nSPS) is 46.4. The van der Waals surface area contributed by atoms with Crippen LogP contribution in [0.2, 0.25) is 0 Å². The summed E-state index contributed by atoms with van der Waals surface area (Å²) in [6, 6.07) is 2.59. The van der Waals surface area contributed by atoms with E-state index in [1.54, 1.807) is 0 Å². The number of fused-ring (bicyclic) bond motifs is 2. The lowest BCUT2D eigenvalue weighted by atomic mass is 10.2. The SMILES string of the molecule is CN1C[C@@H]2C[C@H]1CN2[C@H]1CCNC1. The highest BCUT2D eigenvalue weighted by molar-refractivity contribution is 5.01. The van der Waals surface area contributed by atoms with Crippen molar-refractivity contribution >= 4 is 0 Å². The van der Waals surface area contributed by atoms with Crippen molar-refractivity contribution in [2.24, 2.45) is 0 Å². The minimum Gasteiger partial charge on any atom is -0.315 e. The van der Waals surface area contributed by atoms with Crippen molar-refractivity contribution in [1.82, 2.24) is 15.1 Å². The maximum absolute atomic E-state index is 3.46. The van der Waals surface area contributed by atoms with E-state index >= 15 is 0 Å². The van der Waals surface area contributed by atoms with E-state index in [2.05, 4.69) is 22.2 Å². The fourth-order valence-corrected chi connectivity index (χ4v) is 3.27. The lowest BCUT2D eigenvalue weighted by molar-refractivity contribution is 0.114. The number of nitrogens with zero attached hydrogens (tertiary/aromatic N) is 2. The molecule has 3 heteroatoms. The Morgan fingerprint density at radius 2 is 2.08 bits per heavy atom. The van der Waals surface area contributed by atoms with Crippen molar-refractivity contribution in [3.63, 3.8) is 0 Å². The minimum atomic E-state index is 0.851. The van der Waals surface area contributed by atoms with E-state index in [-0.39, 0.29) is 0 Å². The van der Waals surface area contributed by atoms with Gasteiger partial charge in [-0.25, -0.2) is 0 Å². The third-order valence-corrected chi connectivity index (χ3v) is 4.06. The summed E-state index contributed by atoms with van der Waals surface area (Å²) < 4.78 is 0. The number of piperazine rings is 1. The van der Waals surface area contributed by atoms with Gasteiger partial charge in [-0.15, -0.1) is 0 Å². The Balaban J connectivity index is 1.68. The van der Waals surface area contributed by atoms with Crippen LogP contribution in [0.5, 0.6) is 0 Å². The third kappa shape index (κ3) is 1.22. The summed E-state index contributed by atoms with van der Waals surface area (Å²) >= 11 is 0. The number of nitrogens with one attached hydrogen (secondary N) is 1. The fourth-order valence-electron chi connectivity index (χ4n) is 3.27. The summed E-state index contributed by atoms with van der Waals surface area (Å²) in [6.07, 6.45) is 2.79. The highest BCUT2D eigenvalue weighted by Gasteiger charge is 2.44. The Hall–Kier alpha value is -0.120. The van der Waals surface area contributed by atoms with Gasteiger partial charge in [0.15, 0.2) is 0 Å². The molecule has 0 aromatic heterocycles. The molecule has 0 spiro atoms. The van der Waals surface area contributed by atoms with E-state index in [1.807, 2.05) is 0 Å². The molecular formula is C10H19N3. The molecule has 0 saturated carbocycles.